The minimum Gasteiger partial charge on any atom is -0.364 e. The van der Waals surface area contributed by atoms with Crippen molar-refractivity contribution in [1.29, 1.82) is 0 Å². The first-order chi connectivity index (χ1) is 6.77. The molecule has 1 aromatic heterocycles. The first kappa shape index (κ1) is 9.21. The van der Waals surface area contributed by atoms with Crippen LogP contribution in [0.4, 0.5) is 0 Å². The van der Waals surface area contributed by atoms with Crippen LogP contribution in [0.5, 0.6) is 0 Å². The molecule has 0 unspecified atom stereocenters. The van der Waals surface area contributed by atoms with E-state index in [0.29, 0.717) is 11.6 Å². The summed E-state index contributed by atoms with van der Waals surface area (Å²) in [6.07, 6.45) is 3.77. The number of nitrogens with zero attached hydrogens (tertiary/aromatic N) is 1. The van der Waals surface area contributed by atoms with Crippen molar-refractivity contribution in [3.8, 4) is 0 Å². The number of imidazole rings is 1. The zero-order valence-electron chi connectivity index (χ0n) is 7.92. The Labute approximate surface area is 82.1 Å². The van der Waals surface area contributed by atoms with Crippen molar-refractivity contribution in [2.24, 2.45) is 5.73 Å². The largest absolute Gasteiger partial charge is 0.364 e. The molecule has 0 bridgehead atoms. The van der Waals surface area contributed by atoms with E-state index in [2.05, 4.69) is 15.3 Å². The smallest absolute Gasteiger partial charge is 0.266 e. The summed E-state index contributed by atoms with van der Waals surface area (Å²) in [7, 11) is 0. The topological polar surface area (TPSA) is 83.8 Å². The number of carbonyl (C=O) groups is 1. The highest BCUT2D eigenvalue weighted by atomic mass is 16.1. The standard InChI is InChI=1S/C9H14N4O/c10-8(14)7-5-12-9(13-7)6-2-1-3-11-4-6/h5-6,11H,1-4H2,(H2,10,14)(H,12,13)/t6-/m0/s1. The molecule has 0 radical (unpaired) electrons. The Morgan fingerprint density at radius 1 is 1.64 bits per heavy atom. The molecule has 1 atom stereocenters. The van der Waals surface area contributed by atoms with Gasteiger partial charge in [0.15, 0.2) is 0 Å². The van der Waals surface area contributed by atoms with Crippen molar-refractivity contribution in [2.75, 3.05) is 13.1 Å². The Kier molecular flexibility index (Phi) is 2.49. The van der Waals surface area contributed by atoms with E-state index < -0.39 is 5.91 Å². The van der Waals surface area contributed by atoms with Crippen molar-refractivity contribution < 1.29 is 4.79 Å². The van der Waals surface area contributed by atoms with Gasteiger partial charge in [0.1, 0.15) is 11.5 Å². The third-order valence-electron chi connectivity index (χ3n) is 2.54. The molecule has 1 fully saturated rings. The minimum absolute atomic E-state index is 0.386. The fraction of sp³-hybridized carbons (Fsp3) is 0.556. The van der Waals surface area contributed by atoms with Gasteiger partial charge in [0.25, 0.3) is 5.91 Å². The van der Waals surface area contributed by atoms with Crippen molar-refractivity contribution in [3.05, 3.63) is 17.7 Å². The van der Waals surface area contributed by atoms with Gasteiger partial charge in [0, 0.05) is 12.5 Å². The minimum atomic E-state index is -0.451. The summed E-state index contributed by atoms with van der Waals surface area (Å²) in [6, 6.07) is 0. The van der Waals surface area contributed by atoms with Crippen LogP contribution in [0.1, 0.15) is 35.1 Å². The molecular formula is C9H14N4O. The highest BCUT2D eigenvalue weighted by Crippen LogP contribution is 2.19. The summed E-state index contributed by atoms with van der Waals surface area (Å²) in [5.41, 5.74) is 5.52. The van der Waals surface area contributed by atoms with Crippen LogP contribution in [0, 0.1) is 0 Å². The third-order valence-corrected chi connectivity index (χ3v) is 2.54. The molecule has 0 saturated carbocycles. The normalized spacial score (nSPS) is 22.1. The van der Waals surface area contributed by atoms with Crippen LogP contribution in [0.25, 0.3) is 0 Å². The molecule has 2 rings (SSSR count). The summed E-state index contributed by atoms with van der Waals surface area (Å²) in [5, 5.41) is 3.30. The van der Waals surface area contributed by atoms with E-state index in [9.17, 15) is 4.79 Å². The molecule has 2 heterocycles. The van der Waals surface area contributed by atoms with Crippen LogP contribution >= 0.6 is 0 Å². The van der Waals surface area contributed by atoms with Gasteiger partial charge >= 0.3 is 0 Å². The molecule has 1 amide bonds. The van der Waals surface area contributed by atoms with Gasteiger partial charge in [-0.05, 0) is 19.4 Å². The van der Waals surface area contributed by atoms with Gasteiger partial charge < -0.3 is 16.0 Å². The SMILES string of the molecule is NC(=O)c1cnc([C@H]2CCCNC2)[nH]1. The zero-order chi connectivity index (χ0) is 9.97. The van der Waals surface area contributed by atoms with Gasteiger partial charge in [0.2, 0.25) is 0 Å². The lowest BCUT2D eigenvalue weighted by molar-refractivity contribution is 0.0996. The number of nitrogens with two attached hydrogens (primary N) is 1. The number of carbonyl (C=O) groups excluding carboxylic acids is 1. The fourth-order valence-electron chi connectivity index (χ4n) is 1.75. The number of amides is 1. The number of aromatic nitrogens is 2. The van der Waals surface area contributed by atoms with E-state index in [4.69, 9.17) is 5.73 Å². The molecule has 0 aliphatic carbocycles. The van der Waals surface area contributed by atoms with E-state index >= 15 is 0 Å². The molecule has 0 aromatic carbocycles. The molecule has 4 N–H and O–H groups in total. The molecule has 0 spiro atoms. The lowest BCUT2D eigenvalue weighted by Gasteiger charge is -2.20. The van der Waals surface area contributed by atoms with E-state index in [1.807, 2.05) is 0 Å². The van der Waals surface area contributed by atoms with E-state index in [1.54, 1.807) is 0 Å². The van der Waals surface area contributed by atoms with Gasteiger partial charge in [-0.25, -0.2) is 4.98 Å². The summed E-state index contributed by atoms with van der Waals surface area (Å²) in [4.78, 5) is 18.0. The number of hydrogen-bond donors (Lipinski definition) is 3. The maximum atomic E-state index is 10.8. The van der Waals surface area contributed by atoms with Crippen LogP contribution in [-0.4, -0.2) is 29.0 Å². The Morgan fingerprint density at radius 2 is 2.50 bits per heavy atom. The quantitative estimate of drug-likeness (QED) is 0.618. The van der Waals surface area contributed by atoms with E-state index in [-0.39, 0.29) is 0 Å². The second-order valence-electron chi connectivity index (χ2n) is 3.59. The first-order valence-corrected chi connectivity index (χ1v) is 4.83. The second-order valence-corrected chi connectivity index (χ2v) is 3.59. The van der Waals surface area contributed by atoms with Crippen molar-refractivity contribution in [2.45, 2.75) is 18.8 Å². The monoisotopic (exact) mass is 194 g/mol. The Balaban J connectivity index is 2.11. The highest BCUT2D eigenvalue weighted by Gasteiger charge is 2.18. The van der Waals surface area contributed by atoms with Crippen molar-refractivity contribution in [1.82, 2.24) is 15.3 Å². The van der Waals surface area contributed by atoms with Crippen molar-refractivity contribution >= 4 is 5.91 Å². The van der Waals surface area contributed by atoms with Crippen LogP contribution in [-0.2, 0) is 0 Å². The molecule has 1 aliphatic heterocycles. The van der Waals surface area contributed by atoms with Gasteiger partial charge in [-0.1, -0.05) is 0 Å². The maximum absolute atomic E-state index is 10.8. The Bertz CT molecular complexity index is 327. The van der Waals surface area contributed by atoms with Gasteiger partial charge in [0.05, 0.1) is 6.20 Å². The molecule has 14 heavy (non-hydrogen) atoms. The van der Waals surface area contributed by atoms with Crippen LogP contribution in [0.3, 0.4) is 0 Å². The Morgan fingerprint density at radius 3 is 3.07 bits per heavy atom. The summed E-state index contributed by atoms with van der Waals surface area (Å²) in [6.45, 7) is 1.99. The maximum Gasteiger partial charge on any atom is 0.266 e. The average molecular weight is 194 g/mol. The second kappa shape index (κ2) is 3.79. The number of nitrogens with one attached hydrogen (secondary N) is 2. The van der Waals surface area contributed by atoms with Crippen molar-refractivity contribution in [3.63, 3.8) is 0 Å². The third kappa shape index (κ3) is 1.77. The molecule has 1 aromatic rings. The number of hydrogen-bond acceptors (Lipinski definition) is 3. The van der Waals surface area contributed by atoms with E-state index in [0.717, 1.165) is 31.8 Å². The number of piperidine rings is 1. The lowest BCUT2D eigenvalue weighted by atomic mass is 9.99. The van der Waals surface area contributed by atoms with Crippen LogP contribution in [0.2, 0.25) is 0 Å². The first-order valence-electron chi connectivity index (χ1n) is 4.83. The van der Waals surface area contributed by atoms with Gasteiger partial charge in [-0.2, -0.15) is 0 Å². The molecule has 76 valence electrons. The lowest BCUT2D eigenvalue weighted by Crippen LogP contribution is -2.29. The Hall–Kier alpha value is -1.36. The van der Waals surface area contributed by atoms with E-state index in [1.165, 1.54) is 6.20 Å². The molecule has 5 nitrogen and oxygen atoms in total. The molecular weight excluding hydrogens is 180 g/mol. The predicted molar refractivity (Wildman–Crippen MR) is 52.0 cm³/mol. The summed E-state index contributed by atoms with van der Waals surface area (Å²) >= 11 is 0. The number of primary amides is 1. The van der Waals surface area contributed by atoms with Crippen LogP contribution < -0.4 is 11.1 Å². The van der Waals surface area contributed by atoms with Gasteiger partial charge in [-0.15, -0.1) is 0 Å². The zero-order valence-corrected chi connectivity index (χ0v) is 7.92. The van der Waals surface area contributed by atoms with Crippen LogP contribution in [0.15, 0.2) is 6.20 Å². The predicted octanol–water partition coefficient (Wildman–Crippen LogP) is -0.0244. The fourth-order valence-corrected chi connectivity index (χ4v) is 1.75. The molecule has 1 saturated heterocycles. The molecule has 1 aliphatic rings. The average Bonchev–Trinajstić information content (AvgIpc) is 2.68. The highest BCUT2D eigenvalue weighted by molar-refractivity contribution is 5.90. The number of rotatable bonds is 2. The number of H-pyrrole nitrogens is 1. The summed E-state index contributed by atoms with van der Waals surface area (Å²) in [5.74, 6) is 0.801. The number of aromatic amines is 1. The van der Waals surface area contributed by atoms with Gasteiger partial charge in [-0.3, -0.25) is 4.79 Å². The molecule has 5 heteroatoms. The summed E-state index contributed by atoms with van der Waals surface area (Å²) < 4.78 is 0.